The van der Waals surface area contributed by atoms with Crippen LogP contribution in [0.2, 0.25) is 0 Å². The van der Waals surface area contributed by atoms with Gasteiger partial charge in [-0.15, -0.1) is 0 Å². The van der Waals surface area contributed by atoms with Gasteiger partial charge in [-0.3, -0.25) is 4.79 Å². The predicted octanol–water partition coefficient (Wildman–Crippen LogP) is 16.4. The number of hydrogen-bond acceptors (Lipinski definition) is 4. The van der Waals surface area contributed by atoms with Crippen LogP contribution in [0.15, 0.2) is 122 Å². The van der Waals surface area contributed by atoms with Crippen molar-refractivity contribution in [3.8, 4) is 0 Å². The molecule has 59 heavy (non-hydrogen) atoms. The molecular weight excluding hydrogens is 725 g/mol. The van der Waals surface area contributed by atoms with Crippen molar-refractivity contribution in [2.24, 2.45) is 0 Å². The van der Waals surface area contributed by atoms with Crippen LogP contribution in [0.25, 0.3) is 0 Å². The van der Waals surface area contributed by atoms with E-state index >= 15 is 0 Å². The lowest BCUT2D eigenvalue weighted by Gasteiger charge is -2.16. The Morgan fingerprint density at radius 2 is 0.712 bits per heavy atom. The van der Waals surface area contributed by atoms with E-state index in [2.05, 4.69) is 135 Å². The van der Waals surface area contributed by atoms with Gasteiger partial charge in [-0.1, -0.05) is 206 Å². The van der Waals surface area contributed by atoms with Crippen molar-refractivity contribution in [1.29, 1.82) is 0 Å². The Bertz CT molecular complexity index is 1180. The molecule has 0 heterocycles. The van der Waals surface area contributed by atoms with Crippen LogP contribution < -0.4 is 0 Å². The Hall–Kier alpha value is -3.21. The molecule has 1 N–H and O–H groups in total. The monoisotopic (exact) mass is 815 g/mol. The summed E-state index contributed by atoms with van der Waals surface area (Å²) in [5, 5.41) is 9.64. The number of rotatable bonds is 43. The van der Waals surface area contributed by atoms with E-state index in [1.54, 1.807) is 0 Å². The molecule has 0 aromatic rings. The second-order valence-electron chi connectivity index (χ2n) is 15.4. The second-order valence-corrected chi connectivity index (χ2v) is 15.4. The Morgan fingerprint density at radius 1 is 0.407 bits per heavy atom. The summed E-state index contributed by atoms with van der Waals surface area (Å²) in [6.07, 6.45) is 75.6. The highest BCUT2D eigenvalue weighted by molar-refractivity contribution is 5.69. The highest BCUT2D eigenvalue weighted by Gasteiger charge is 2.13. The summed E-state index contributed by atoms with van der Waals surface area (Å²) in [5.74, 6) is -0.218. The van der Waals surface area contributed by atoms with Crippen LogP contribution in [0.5, 0.6) is 0 Å². The summed E-state index contributed by atoms with van der Waals surface area (Å²) >= 11 is 0. The van der Waals surface area contributed by atoms with E-state index in [0.29, 0.717) is 13.0 Å². The average molecular weight is 815 g/mol. The molecule has 0 spiro atoms. The summed E-state index contributed by atoms with van der Waals surface area (Å²) in [5.41, 5.74) is 0. The number of aliphatic hydroxyl groups is 1. The van der Waals surface area contributed by atoms with Crippen molar-refractivity contribution in [2.45, 2.75) is 200 Å². The van der Waals surface area contributed by atoms with Crippen molar-refractivity contribution in [1.82, 2.24) is 0 Å². The van der Waals surface area contributed by atoms with E-state index in [-0.39, 0.29) is 19.2 Å². The molecule has 0 amide bonds. The molecule has 0 radical (unpaired) electrons. The van der Waals surface area contributed by atoms with E-state index in [1.165, 1.54) is 83.5 Å². The molecule has 0 aromatic carbocycles. The Morgan fingerprint density at radius 3 is 1.07 bits per heavy atom. The van der Waals surface area contributed by atoms with Gasteiger partial charge in [0, 0.05) is 13.0 Å². The van der Waals surface area contributed by atoms with Gasteiger partial charge in [-0.2, -0.15) is 0 Å². The SMILES string of the molecule is CC/C=C\C/C=C\C/C=C\C/C=C\C/C=C\C/C=C\CCCCCCCCCOCC(CO)OC(=O)CCCCCCCCCC/C=C\C/C=C\C/C=C\C/C=C\CC. The minimum absolute atomic E-state index is 0.188. The molecule has 0 saturated carbocycles. The maximum absolute atomic E-state index is 12.3. The molecule has 0 aromatic heterocycles. The summed E-state index contributed by atoms with van der Waals surface area (Å²) in [7, 11) is 0. The van der Waals surface area contributed by atoms with Crippen molar-refractivity contribution in [2.75, 3.05) is 19.8 Å². The fourth-order valence-corrected chi connectivity index (χ4v) is 6.26. The van der Waals surface area contributed by atoms with Crippen molar-refractivity contribution in [3.05, 3.63) is 122 Å². The molecule has 0 bridgehead atoms. The number of allylic oxidation sites excluding steroid dienone is 20. The van der Waals surface area contributed by atoms with Crippen molar-refractivity contribution >= 4 is 5.97 Å². The molecule has 334 valence electrons. The van der Waals surface area contributed by atoms with Crippen LogP contribution in [-0.2, 0) is 14.3 Å². The second kappa shape index (κ2) is 50.9. The van der Waals surface area contributed by atoms with Crippen LogP contribution in [0.1, 0.15) is 194 Å². The lowest BCUT2D eigenvalue weighted by Crippen LogP contribution is -2.27. The number of aliphatic hydroxyl groups excluding tert-OH is 1. The zero-order valence-electron chi connectivity index (χ0n) is 38.2. The third-order valence-electron chi connectivity index (χ3n) is 9.78. The minimum Gasteiger partial charge on any atom is -0.457 e. The standard InChI is InChI=1S/C55H90O4/c1-3-5-7-9-11-13-15-17-19-21-23-25-26-27-28-29-31-33-35-37-39-41-43-45-47-49-51-58-53-54(52-56)59-55(57)50-48-46-44-42-40-38-36-34-32-30-24-22-20-18-16-14-12-10-8-6-4-2/h5-8,11-14,17-20,23-25,27-28,30-31,33,54,56H,3-4,9-10,15-16,21-22,26,29,32,34-53H2,1-2H3/b7-5-,8-6-,13-11-,14-12-,19-17-,20-18-,25-23-,28-27-,30-24-,33-31-. The van der Waals surface area contributed by atoms with E-state index in [0.717, 1.165) is 89.9 Å². The van der Waals surface area contributed by atoms with Gasteiger partial charge in [0.05, 0.1) is 13.2 Å². The van der Waals surface area contributed by atoms with Gasteiger partial charge in [-0.05, 0) is 103 Å². The molecular formula is C55H90O4. The number of esters is 1. The smallest absolute Gasteiger partial charge is 0.306 e. The maximum atomic E-state index is 12.3. The van der Waals surface area contributed by atoms with Crippen molar-refractivity contribution < 1.29 is 19.4 Å². The summed E-state index contributed by atoms with van der Waals surface area (Å²) in [6.45, 7) is 5.07. The number of unbranched alkanes of at least 4 members (excludes halogenated alkanes) is 15. The normalized spacial score (nSPS) is 13.5. The molecule has 0 rings (SSSR count). The number of ether oxygens (including phenoxy) is 2. The van der Waals surface area contributed by atoms with E-state index in [4.69, 9.17) is 9.47 Å². The Balaban J connectivity index is 3.53. The molecule has 0 aliphatic carbocycles. The summed E-state index contributed by atoms with van der Waals surface area (Å²) < 4.78 is 11.2. The molecule has 4 nitrogen and oxygen atoms in total. The van der Waals surface area contributed by atoms with E-state index in [9.17, 15) is 9.90 Å². The Labute approximate surface area is 365 Å². The van der Waals surface area contributed by atoms with E-state index < -0.39 is 6.10 Å². The summed E-state index contributed by atoms with van der Waals surface area (Å²) in [4.78, 5) is 12.3. The molecule has 0 fully saturated rings. The number of hydrogen-bond donors (Lipinski definition) is 1. The quantitative estimate of drug-likeness (QED) is 0.0378. The first-order chi connectivity index (χ1) is 29.2. The highest BCUT2D eigenvalue weighted by atomic mass is 16.6. The minimum atomic E-state index is -0.555. The Kier molecular flexibility index (Phi) is 48.2. The average Bonchev–Trinajstić information content (AvgIpc) is 3.24. The van der Waals surface area contributed by atoms with Gasteiger partial charge in [0.15, 0.2) is 0 Å². The van der Waals surface area contributed by atoms with Crippen molar-refractivity contribution in [3.63, 3.8) is 0 Å². The fourth-order valence-electron chi connectivity index (χ4n) is 6.26. The lowest BCUT2D eigenvalue weighted by molar-refractivity contribution is -0.154. The van der Waals surface area contributed by atoms with Crippen LogP contribution in [0, 0.1) is 0 Å². The maximum Gasteiger partial charge on any atom is 0.306 e. The fraction of sp³-hybridized carbons (Fsp3) is 0.618. The van der Waals surface area contributed by atoms with Gasteiger partial charge < -0.3 is 14.6 Å². The summed E-state index contributed by atoms with van der Waals surface area (Å²) in [6, 6.07) is 0. The van der Waals surface area contributed by atoms with Gasteiger partial charge in [0.25, 0.3) is 0 Å². The lowest BCUT2D eigenvalue weighted by atomic mass is 10.1. The van der Waals surface area contributed by atoms with Crippen LogP contribution in [0.3, 0.4) is 0 Å². The number of carbonyl (C=O) groups excluding carboxylic acids is 1. The van der Waals surface area contributed by atoms with Crippen LogP contribution in [-0.4, -0.2) is 37.0 Å². The number of carbonyl (C=O) groups is 1. The zero-order valence-corrected chi connectivity index (χ0v) is 38.2. The molecule has 1 unspecified atom stereocenters. The van der Waals surface area contributed by atoms with Gasteiger partial charge in [-0.25, -0.2) is 0 Å². The highest BCUT2D eigenvalue weighted by Crippen LogP contribution is 2.13. The third kappa shape index (κ3) is 49.1. The molecule has 0 aliphatic rings. The van der Waals surface area contributed by atoms with Crippen LogP contribution >= 0.6 is 0 Å². The zero-order chi connectivity index (χ0) is 42.6. The first-order valence-corrected chi connectivity index (χ1v) is 24.1. The van der Waals surface area contributed by atoms with Gasteiger partial charge in [0.2, 0.25) is 0 Å². The molecule has 4 heteroatoms. The first-order valence-electron chi connectivity index (χ1n) is 24.1. The van der Waals surface area contributed by atoms with Gasteiger partial charge in [0.1, 0.15) is 6.10 Å². The largest absolute Gasteiger partial charge is 0.457 e. The van der Waals surface area contributed by atoms with E-state index in [1.807, 2.05) is 0 Å². The van der Waals surface area contributed by atoms with Crippen LogP contribution in [0.4, 0.5) is 0 Å². The predicted molar refractivity (Wildman–Crippen MR) is 260 cm³/mol. The topological polar surface area (TPSA) is 55.8 Å². The first kappa shape index (κ1) is 55.8. The molecule has 0 saturated heterocycles. The van der Waals surface area contributed by atoms with Gasteiger partial charge >= 0.3 is 5.97 Å². The molecule has 1 atom stereocenters. The molecule has 0 aliphatic heterocycles. The third-order valence-corrected chi connectivity index (χ3v) is 9.78.